The highest BCUT2D eigenvalue weighted by atomic mass is 16.1. The van der Waals surface area contributed by atoms with Crippen LogP contribution < -0.4 is 5.73 Å². The van der Waals surface area contributed by atoms with Gasteiger partial charge in [-0.3, -0.25) is 4.79 Å². The average molecular weight is 162 g/mol. The Kier molecular flexibility index (Phi) is 1.50. The summed E-state index contributed by atoms with van der Waals surface area (Å²) >= 11 is 0. The molecule has 1 aliphatic heterocycles. The molecule has 0 unspecified atom stereocenters. The van der Waals surface area contributed by atoms with Gasteiger partial charge in [-0.2, -0.15) is 0 Å². The highest BCUT2D eigenvalue weighted by molar-refractivity contribution is 5.83. The summed E-state index contributed by atoms with van der Waals surface area (Å²) in [5.41, 5.74) is 7.34. The van der Waals surface area contributed by atoms with Crippen molar-refractivity contribution in [2.75, 3.05) is 0 Å². The maximum atomic E-state index is 10.7. The molecule has 0 spiro atoms. The fourth-order valence-electron chi connectivity index (χ4n) is 1.52. The Morgan fingerprint density at radius 1 is 1.67 bits per heavy atom. The first-order valence-corrected chi connectivity index (χ1v) is 3.91. The van der Waals surface area contributed by atoms with Crippen LogP contribution in [0.15, 0.2) is 24.4 Å². The van der Waals surface area contributed by atoms with Crippen molar-refractivity contribution < 1.29 is 4.79 Å². The predicted octanol–water partition coefficient (Wildman–Crippen LogP) is 0.761. The van der Waals surface area contributed by atoms with Gasteiger partial charge in [0, 0.05) is 24.0 Å². The molecule has 0 aliphatic carbocycles. The third-order valence-corrected chi connectivity index (χ3v) is 2.04. The Hall–Kier alpha value is -1.51. The number of carbonyl (C=O) groups is 1. The van der Waals surface area contributed by atoms with Gasteiger partial charge in [0.05, 0.1) is 6.42 Å². The zero-order valence-corrected chi connectivity index (χ0v) is 6.66. The second kappa shape index (κ2) is 2.52. The first-order valence-electron chi connectivity index (χ1n) is 3.91. The summed E-state index contributed by atoms with van der Waals surface area (Å²) in [6.45, 7) is 0. The molecule has 12 heavy (non-hydrogen) atoms. The van der Waals surface area contributed by atoms with E-state index in [-0.39, 0.29) is 5.91 Å². The lowest BCUT2D eigenvalue weighted by molar-refractivity contribution is -0.117. The number of nitrogens with zero attached hydrogens (tertiary/aromatic N) is 1. The van der Waals surface area contributed by atoms with E-state index in [1.54, 1.807) is 0 Å². The van der Waals surface area contributed by atoms with Crippen LogP contribution in [-0.4, -0.2) is 10.5 Å². The Morgan fingerprint density at radius 2 is 2.50 bits per heavy atom. The second-order valence-electron chi connectivity index (χ2n) is 2.91. The summed E-state index contributed by atoms with van der Waals surface area (Å²) in [4.78, 5) is 10.7. The third kappa shape index (κ3) is 1.03. The third-order valence-electron chi connectivity index (χ3n) is 2.04. The van der Waals surface area contributed by atoms with Crippen molar-refractivity contribution >= 4 is 11.6 Å². The van der Waals surface area contributed by atoms with Crippen molar-refractivity contribution in [3.63, 3.8) is 0 Å². The van der Waals surface area contributed by atoms with Gasteiger partial charge in [-0.05, 0) is 12.1 Å². The van der Waals surface area contributed by atoms with Crippen LogP contribution in [0, 0.1) is 0 Å². The molecule has 3 nitrogen and oxygen atoms in total. The number of aromatic nitrogens is 1. The molecule has 1 amide bonds. The Morgan fingerprint density at radius 3 is 3.25 bits per heavy atom. The SMILES string of the molecule is NC(=O)CC1=CCc2cccn21. The molecule has 0 bridgehead atoms. The van der Waals surface area contributed by atoms with E-state index in [1.165, 1.54) is 5.69 Å². The van der Waals surface area contributed by atoms with Gasteiger partial charge >= 0.3 is 0 Å². The maximum Gasteiger partial charge on any atom is 0.223 e. The number of hydrogen-bond donors (Lipinski definition) is 1. The summed E-state index contributed by atoms with van der Waals surface area (Å²) in [6, 6.07) is 4.02. The molecule has 3 heteroatoms. The average Bonchev–Trinajstić information content (AvgIpc) is 2.52. The monoisotopic (exact) mass is 162 g/mol. The molecule has 0 atom stereocenters. The van der Waals surface area contributed by atoms with Gasteiger partial charge in [-0.15, -0.1) is 0 Å². The van der Waals surface area contributed by atoms with E-state index in [4.69, 9.17) is 5.73 Å². The number of carbonyl (C=O) groups excluding carboxylic acids is 1. The summed E-state index contributed by atoms with van der Waals surface area (Å²) in [5.74, 6) is -0.275. The zero-order chi connectivity index (χ0) is 8.55. The molecule has 2 rings (SSSR count). The van der Waals surface area contributed by atoms with E-state index in [0.717, 1.165) is 12.1 Å². The molecule has 0 saturated heterocycles. The summed E-state index contributed by atoms with van der Waals surface area (Å²) in [6.07, 6.45) is 5.24. The van der Waals surface area contributed by atoms with Crippen molar-refractivity contribution in [2.45, 2.75) is 12.8 Å². The molecular weight excluding hydrogens is 152 g/mol. The van der Waals surface area contributed by atoms with Crippen LogP contribution in [0.5, 0.6) is 0 Å². The Bertz CT molecular complexity index is 349. The largest absolute Gasteiger partial charge is 0.369 e. The highest BCUT2D eigenvalue weighted by Gasteiger charge is 2.13. The molecule has 1 aromatic heterocycles. The minimum absolute atomic E-state index is 0.275. The molecule has 2 heterocycles. The maximum absolute atomic E-state index is 10.7. The predicted molar refractivity (Wildman–Crippen MR) is 46.2 cm³/mol. The van der Waals surface area contributed by atoms with Gasteiger partial charge in [0.1, 0.15) is 0 Å². The van der Waals surface area contributed by atoms with Crippen LogP contribution in [0.4, 0.5) is 0 Å². The van der Waals surface area contributed by atoms with Crippen LogP contribution >= 0.6 is 0 Å². The Labute approximate surface area is 70.5 Å². The molecule has 0 radical (unpaired) electrons. The van der Waals surface area contributed by atoms with E-state index in [0.29, 0.717) is 6.42 Å². The lowest BCUT2D eigenvalue weighted by Crippen LogP contribution is -2.12. The van der Waals surface area contributed by atoms with Gasteiger partial charge in [0.2, 0.25) is 5.91 Å². The molecular formula is C9H10N2O. The number of nitrogens with two attached hydrogens (primary N) is 1. The Balaban J connectivity index is 2.26. The van der Waals surface area contributed by atoms with Gasteiger partial charge in [-0.1, -0.05) is 6.08 Å². The molecule has 62 valence electrons. The lowest BCUT2D eigenvalue weighted by Gasteiger charge is -2.02. The van der Waals surface area contributed by atoms with Gasteiger partial charge in [-0.25, -0.2) is 0 Å². The summed E-state index contributed by atoms with van der Waals surface area (Å²) < 4.78 is 2.02. The van der Waals surface area contributed by atoms with Gasteiger partial charge in [0.25, 0.3) is 0 Å². The van der Waals surface area contributed by atoms with E-state index in [2.05, 4.69) is 0 Å². The van der Waals surface area contributed by atoms with Crippen LogP contribution in [0.2, 0.25) is 0 Å². The zero-order valence-electron chi connectivity index (χ0n) is 6.66. The lowest BCUT2D eigenvalue weighted by atomic mass is 10.3. The van der Waals surface area contributed by atoms with Crippen LogP contribution in [0.25, 0.3) is 5.70 Å². The van der Waals surface area contributed by atoms with Crippen LogP contribution in [0.3, 0.4) is 0 Å². The van der Waals surface area contributed by atoms with E-state index in [1.807, 2.05) is 29.0 Å². The van der Waals surface area contributed by atoms with E-state index < -0.39 is 0 Å². The fraction of sp³-hybridized carbons (Fsp3) is 0.222. The van der Waals surface area contributed by atoms with Crippen molar-refractivity contribution in [2.24, 2.45) is 5.73 Å². The van der Waals surface area contributed by atoms with Crippen molar-refractivity contribution in [3.05, 3.63) is 30.1 Å². The van der Waals surface area contributed by atoms with E-state index >= 15 is 0 Å². The van der Waals surface area contributed by atoms with Crippen molar-refractivity contribution in [3.8, 4) is 0 Å². The highest BCUT2D eigenvalue weighted by Crippen LogP contribution is 2.21. The minimum atomic E-state index is -0.275. The number of amides is 1. The molecule has 0 fully saturated rings. The van der Waals surface area contributed by atoms with Gasteiger partial charge in [0.15, 0.2) is 0 Å². The number of fused-ring (bicyclic) bond motifs is 1. The van der Waals surface area contributed by atoms with Crippen molar-refractivity contribution in [1.29, 1.82) is 0 Å². The minimum Gasteiger partial charge on any atom is -0.369 e. The molecule has 2 N–H and O–H groups in total. The number of rotatable bonds is 2. The fourth-order valence-corrected chi connectivity index (χ4v) is 1.52. The smallest absolute Gasteiger partial charge is 0.223 e. The number of hydrogen-bond acceptors (Lipinski definition) is 1. The first kappa shape index (κ1) is 7.16. The normalized spacial score (nSPS) is 14.2. The van der Waals surface area contributed by atoms with E-state index in [9.17, 15) is 4.79 Å². The van der Waals surface area contributed by atoms with Gasteiger partial charge < -0.3 is 10.3 Å². The quantitative estimate of drug-likeness (QED) is 0.685. The van der Waals surface area contributed by atoms with Crippen LogP contribution in [-0.2, 0) is 11.2 Å². The molecule has 0 saturated carbocycles. The summed E-state index contributed by atoms with van der Waals surface area (Å²) in [5, 5.41) is 0. The second-order valence-corrected chi connectivity index (χ2v) is 2.91. The number of allylic oxidation sites excluding steroid dienone is 1. The summed E-state index contributed by atoms with van der Waals surface area (Å²) in [7, 11) is 0. The molecule has 0 aromatic carbocycles. The standard InChI is InChI=1S/C9H10N2O/c10-9(12)6-8-4-3-7-2-1-5-11(7)8/h1-2,4-5H,3,6H2,(H2,10,12). The topological polar surface area (TPSA) is 48.0 Å². The molecule has 1 aromatic rings. The number of primary amides is 1. The first-order chi connectivity index (χ1) is 5.77. The van der Waals surface area contributed by atoms with Crippen LogP contribution in [0.1, 0.15) is 12.1 Å². The molecule has 1 aliphatic rings. The van der Waals surface area contributed by atoms with Crippen molar-refractivity contribution in [1.82, 2.24) is 4.57 Å².